The van der Waals surface area contributed by atoms with Gasteiger partial charge in [-0.3, -0.25) is 4.79 Å². The van der Waals surface area contributed by atoms with Gasteiger partial charge in [-0.15, -0.1) is 0 Å². The first kappa shape index (κ1) is 13.3. The van der Waals surface area contributed by atoms with E-state index >= 15 is 0 Å². The number of aryl methyl sites for hydroxylation is 1. The van der Waals surface area contributed by atoms with Gasteiger partial charge in [0.1, 0.15) is 10.9 Å². The number of aromatic nitrogens is 2. The first-order valence-corrected chi connectivity index (χ1v) is 5.96. The molecule has 0 amide bonds. The summed E-state index contributed by atoms with van der Waals surface area (Å²) < 4.78 is 0. The molecular weight excluding hydrogens is 268 g/mol. The third-order valence-electron chi connectivity index (χ3n) is 2.55. The van der Waals surface area contributed by atoms with Crippen LogP contribution in [0.3, 0.4) is 0 Å². The standard InChI is InChI=1S/C13H11ClN2O3/c14-12-9(3-6-11(18)19)7-15-13(16-12)8-1-4-10(17)5-2-8/h1-2,4-5,7,17H,3,6H2,(H,18,19). The second-order valence-electron chi connectivity index (χ2n) is 3.95. The fraction of sp³-hybridized carbons (Fsp3) is 0.154. The highest BCUT2D eigenvalue weighted by molar-refractivity contribution is 6.30. The van der Waals surface area contributed by atoms with Gasteiger partial charge in [0.15, 0.2) is 5.82 Å². The summed E-state index contributed by atoms with van der Waals surface area (Å²) in [4.78, 5) is 18.8. The Morgan fingerprint density at radius 1 is 1.26 bits per heavy atom. The molecule has 19 heavy (non-hydrogen) atoms. The summed E-state index contributed by atoms with van der Waals surface area (Å²) >= 11 is 6.00. The number of nitrogens with zero attached hydrogens (tertiary/aromatic N) is 2. The molecule has 1 aromatic heterocycles. The van der Waals surface area contributed by atoms with Gasteiger partial charge in [-0.25, -0.2) is 9.97 Å². The molecule has 0 saturated carbocycles. The number of aromatic hydroxyl groups is 1. The third-order valence-corrected chi connectivity index (χ3v) is 2.87. The smallest absolute Gasteiger partial charge is 0.303 e. The van der Waals surface area contributed by atoms with Crippen LogP contribution in [-0.2, 0) is 11.2 Å². The van der Waals surface area contributed by atoms with Gasteiger partial charge in [-0.1, -0.05) is 11.6 Å². The number of halogens is 1. The first-order chi connectivity index (χ1) is 9.06. The predicted octanol–water partition coefficient (Wildman–Crippen LogP) is 2.52. The highest BCUT2D eigenvalue weighted by Crippen LogP contribution is 2.22. The number of hydrogen-bond acceptors (Lipinski definition) is 4. The summed E-state index contributed by atoms with van der Waals surface area (Å²) in [6.07, 6.45) is 1.81. The number of phenolic OH excluding ortho intramolecular Hbond substituents is 1. The van der Waals surface area contributed by atoms with Gasteiger partial charge < -0.3 is 10.2 Å². The summed E-state index contributed by atoms with van der Waals surface area (Å²) in [6.45, 7) is 0. The number of rotatable bonds is 4. The van der Waals surface area contributed by atoms with Crippen LogP contribution in [-0.4, -0.2) is 26.2 Å². The van der Waals surface area contributed by atoms with E-state index < -0.39 is 5.97 Å². The van der Waals surface area contributed by atoms with Crippen LogP contribution >= 0.6 is 11.6 Å². The van der Waals surface area contributed by atoms with E-state index in [0.717, 1.165) is 5.56 Å². The Bertz CT molecular complexity index is 599. The van der Waals surface area contributed by atoms with E-state index in [4.69, 9.17) is 16.7 Å². The summed E-state index contributed by atoms with van der Waals surface area (Å²) in [6, 6.07) is 6.42. The molecule has 0 radical (unpaired) electrons. The molecule has 0 bridgehead atoms. The third kappa shape index (κ3) is 3.42. The van der Waals surface area contributed by atoms with Gasteiger partial charge in [0.2, 0.25) is 0 Å². The van der Waals surface area contributed by atoms with E-state index in [1.165, 1.54) is 18.3 Å². The van der Waals surface area contributed by atoms with Gasteiger partial charge in [0.25, 0.3) is 0 Å². The molecule has 1 aromatic carbocycles. The van der Waals surface area contributed by atoms with Gasteiger partial charge >= 0.3 is 5.97 Å². The van der Waals surface area contributed by atoms with Crippen molar-refractivity contribution in [1.29, 1.82) is 0 Å². The lowest BCUT2D eigenvalue weighted by Gasteiger charge is -2.04. The van der Waals surface area contributed by atoms with E-state index in [1.807, 2.05) is 0 Å². The van der Waals surface area contributed by atoms with Crippen molar-refractivity contribution in [3.05, 3.63) is 41.2 Å². The fourth-order valence-corrected chi connectivity index (χ4v) is 1.77. The lowest BCUT2D eigenvalue weighted by Crippen LogP contribution is -2.00. The maximum Gasteiger partial charge on any atom is 0.303 e. The van der Waals surface area contributed by atoms with E-state index in [1.54, 1.807) is 12.1 Å². The Morgan fingerprint density at radius 2 is 1.95 bits per heavy atom. The number of carboxylic acids is 1. The van der Waals surface area contributed by atoms with Gasteiger partial charge in [-0.05, 0) is 30.7 Å². The molecule has 0 unspecified atom stereocenters. The molecule has 0 fully saturated rings. The molecule has 0 aliphatic carbocycles. The van der Waals surface area contributed by atoms with Crippen LogP contribution in [0.1, 0.15) is 12.0 Å². The minimum absolute atomic E-state index is 0.0123. The Kier molecular flexibility index (Phi) is 3.97. The van der Waals surface area contributed by atoms with Crippen LogP contribution in [0, 0.1) is 0 Å². The Labute approximate surface area is 114 Å². The quantitative estimate of drug-likeness (QED) is 0.840. The van der Waals surface area contributed by atoms with Crippen molar-refractivity contribution in [3.63, 3.8) is 0 Å². The molecule has 98 valence electrons. The monoisotopic (exact) mass is 278 g/mol. The van der Waals surface area contributed by atoms with Crippen LogP contribution in [0.25, 0.3) is 11.4 Å². The summed E-state index contributed by atoms with van der Waals surface area (Å²) in [7, 11) is 0. The molecule has 0 aliphatic heterocycles. The minimum Gasteiger partial charge on any atom is -0.508 e. The largest absolute Gasteiger partial charge is 0.508 e. The predicted molar refractivity (Wildman–Crippen MR) is 70.1 cm³/mol. The SMILES string of the molecule is O=C(O)CCc1cnc(-c2ccc(O)cc2)nc1Cl. The van der Waals surface area contributed by atoms with Crippen molar-refractivity contribution in [1.82, 2.24) is 9.97 Å². The van der Waals surface area contributed by atoms with E-state index in [0.29, 0.717) is 17.8 Å². The van der Waals surface area contributed by atoms with Crippen LogP contribution in [0.15, 0.2) is 30.5 Å². The molecule has 0 aliphatic rings. The molecule has 2 rings (SSSR count). The summed E-state index contributed by atoms with van der Waals surface area (Å²) in [5.74, 6) is -0.296. The average molecular weight is 279 g/mol. The maximum atomic E-state index is 10.5. The number of benzene rings is 1. The summed E-state index contributed by atoms with van der Waals surface area (Å²) in [5.41, 5.74) is 1.33. The normalized spacial score (nSPS) is 10.4. The number of carboxylic acid groups (broad SMARTS) is 1. The van der Waals surface area contributed by atoms with E-state index in [-0.39, 0.29) is 17.3 Å². The molecule has 6 heteroatoms. The Balaban J connectivity index is 2.23. The second-order valence-corrected chi connectivity index (χ2v) is 4.31. The molecule has 2 aromatic rings. The van der Waals surface area contributed by atoms with Gasteiger partial charge in [0.05, 0.1) is 0 Å². The number of aliphatic carboxylic acids is 1. The van der Waals surface area contributed by atoms with E-state index in [9.17, 15) is 9.90 Å². The topological polar surface area (TPSA) is 83.3 Å². The molecule has 0 spiro atoms. The van der Waals surface area contributed by atoms with Crippen molar-refractivity contribution >= 4 is 17.6 Å². The molecule has 2 N–H and O–H groups in total. The second kappa shape index (κ2) is 5.67. The summed E-state index contributed by atoms with van der Waals surface area (Å²) in [5, 5.41) is 18.1. The van der Waals surface area contributed by atoms with Crippen LogP contribution in [0.4, 0.5) is 0 Å². The minimum atomic E-state index is -0.890. The van der Waals surface area contributed by atoms with Crippen molar-refractivity contribution in [2.24, 2.45) is 0 Å². The fourth-order valence-electron chi connectivity index (χ4n) is 1.54. The van der Waals surface area contributed by atoms with Gasteiger partial charge in [0, 0.05) is 23.7 Å². The molecule has 5 nitrogen and oxygen atoms in total. The van der Waals surface area contributed by atoms with Crippen LogP contribution in [0.2, 0.25) is 5.15 Å². The van der Waals surface area contributed by atoms with Crippen LogP contribution < -0.4 is 0 Å². The zero-order chi connectivity index (χ0) is 13.8. The first-order valence-electron chi connectivity index (χ1n) is 5.59. The molecule has 1 heterocycles. The zero-order valence-corrected chi connectivity index (χ0v) is 10.6. The molecular formula is C13H11ClN2O3. The van der Waals surface area contributed by atoms with Crippen molar-refractivity contribution in [2.45, 2.75) is 12.8 Å². The van der Waals surface area contributed by atoms with Crippen molar-refractivity contribution in [2.75, 3.05) is 0 Å². The number of phenols is 1. The average Bonchev–Trinajstić information content (AvgIpc) is 2.38. The van der Waals surface area contributed by atoms with Gasteiger partial charge in [-0.2, -0.15) is 0 Å². The Hall–Kier alpha value is -2.14. The highest BCUT2D eigenvalue weighted by Gasteiger charge is 2.08. The lowest BCUT2D eigenvalue weighted by atomic mass is 10.1. The lowest BCUT2D eigenvalue weighted by molar-refractivity contribution is -0.136. The van der Waals surface area contributed by atoms with Crippen LogP contribution in [0.5, 0.6) is 5.75 Å². The zero-order valence-electron chi connectivity index (χ0n) is 9.88. The maximum absolute atomic E-state index is 10.5. The number of hydrogen-bond donors (Lipinski definition) is 2. The van der Waals surface area contributed by atoms with Crippen molar-refractivity contribution in [3.8, 4) is 17.1 Å². The number of carbonyl (C=O) groups is 1. The van der Waals surface area contributed by atoms with E-state index in [2.05, 4.69) is 9.97 Å². The molecule has 0 atom stereocenters. The molecule has 0 saturated heterocycles. The van der Waals surface area contributed by atoms with Crippen molar-refractivity contribution < 1.29 is 15.0 Å². The Morgan fingerprint density at radius 3 is 2.53 bits per heavy atom. The highest BCUT2D eigenvalue weighted by atomic mass is 35.5.